The summed E-state index contributed by atoms with van der Waals surface area (Å²) in [5.41, 5.74) is 3.10. The van der Waals surface area contributed by atoms with Crippen LogP contribution < -0.4 is 0 Å². The van der Waals surface area contributed by atoms with E-state index in [2.05, 4.69) is 48.3 Å². The molecule has 0 spiro atoms. The minimum Gasteiger partial charge on any atom is -0.411 e. The molecule has 1 aromatic carbocycles. The first-order valence-corrected chi connectivity index (χ1v) is 6.32. The fourth-order valence-electron chi connectivity index (χ4n) is 1.55. The zero-order valence-corrected chi connectivity index (χ0v) is 10.6. The second-order valence-corrected chi connectivity index (χ2v) is 4.96. The van der Waals surface area contributed by atoms with Crippen LogP contribution in [-0.4, -0.2) is 16.4 Å². The average molecular weight is 246 g/mol. The van der Waals surface area contributed by atoms with Crippen LogP contribution in [0.1, 0.15) is 31.0 Å². The van der Waals surface area contributed by atoms with Gasteiger partial charge in [0.1, 0.15) is 5.01 Å². The molecule has 88 valence electrons. The summed E-state index contributed by atoms with van der Waals surface area (Å²) in [6.45, 7) is 4.35. The van der Waals surface area contributed by atoms with Crippen molar-refractivity contribution in [2.45, 2.75) is 19.8 Å². The lowest BCUT2D eigenvalue weighted by Crippen LogP contribution is -1.87. The van der Waals surface area contributed by atoms with E-state index in [0.29, 0.717) is 11.6 Å². The molecule has 2 aromatic rings. The Balaban J connectivity index is 2.26. The summed E-state index contributed by atoms with van der Waals surface area (Å²) >= 11 is 1.54. The van der Waals surface area contributed by atoms with Gasteiger partial charge in [0, 0.05) is 10.9 Å². The maximum Gasteiger partial charge on any atom is 0.124 e. The van der Waals surface area contributed by atoms with E-state index >= 15 is 0 Å². The largest absolute Gasteiger partial charge is 0.411 e. The van der Waals surface area contributed by atoms with Crippen molar-refractivity contribution < 1.29 is 5.21 Å². The zero-order chi connectivity index (χ0) is 12.3. The molecule has 0 saturated carbocycles. The van der Waals surface area contributed by atoms with Gasteiger partial charge in [0.25, 0.3) is 0 Å². The van der Waals surface area contributed by atoms with E-state index < -0.39 is 0 Å². The van der Waals surface area contributed by atoms with Crippen LogP contribution in [0.4, 0.5) is 0 Å². The van der Waals surface area contributed by atoms with Gasteiger partial charge in [0.2, 0.25) is 0 Å². The van der Waals surface area contributed by atoms with Crippen LogP contribution in [0.25, 0.3) is 10.6 Å². The van der Waals surface area contributed by atoms with E-state index in [9.17, 15) is 0 Å². The first kappa shape index (κ1) is 11.8. The van der Waals surface area contributed by atoms with Crippen molar-refractivity contribution in [2.24, 2.45) is 5.16 Å². The monoisotopic (exact) mass is 246 g/mol. The molecule has 0 aliphatic heterocycles. The summed E-state index contributed by atoms with van der Waals surface area (Å²) in [4.78, 5) is 4.35. The molecule has 0 radical (unpaired) electrons. The summed E-state index contributed by atoms with van der Waals surface area (Å²) in [5, 5.41) is 14.2. The number of hydrogen-bond donors (Lipinski definition) is 1. The highest BCUT2D eigenvalue weighted by Gasteiger charge is 2.04. The molecule has 2 rings (SSSR count). The molecule has 1 N–H and O–H groups in total. The molecule has 17 heavy (non-hydrogen) atoms. The highest BCUT2D eigenvalue weighted by atomic mass is 32.1. The molecule has 1 heterocycles. The van der Waals surface area contributed by atoms with Crippen molar-refractivity contribution in [3.05, 3.63) is 40.9 Å². The van der Waals surface area contributed by atoms with Crippen molar-refractivity contribution >= 4 is 17.6 Å². The normalized spacial score (nSPS) is 11.5. The number of thiazole rings is 1. The molecule has 0 atom stereocenters. The van der Waals surface area contributed by atoms with Crippen molar-refractivity contribution in [2.75, 3.05) is 0 Å². The van der Waals surface area contributed by atoms with Crippen LogP contribution >= 0.6 is 11.3 Å². The van der Waals surface area contributed by atoms with E-state index in [1.54, 1.807) is 11.3 Å². The number of oxime groups is 1. The molecule has 0 amide bonds. The van der Waals surface area contributed by atoms with Gasteiger partial charge in [-0.25, -0.2) is 4.98 Å². The highest BCUT2D eigenvalue weighted by molar-refractivity contribution is 7.13. The van der Waals surface area contributed by atoms with Gasteiger partial charge in [0.05, 0.1) is 11.9 Å². The zero-order valence-electron chi connectivity index (χ0n) is 9.79. The number of benzene rings is 1. The number of hydrogen-bond acceptors (Lipinski definition) is 4. The van der Waals surface area contributed by atoms with Crippen LogP contribution in [0.15, 0.2) is 34.8 Å². The predicted molar refractivity (Wildman–Crippen MR) is 71.0 cm³/mol. The molecule has 0 saturated heterocycles. The molecule has 0 aliphatic carbocycles. The van der Waals surface area contributed by atoms with Crippen molar-refractivity contribution in [3.63, 3.8) is 0 Å². The molecular formula is C13H14N2OS. The fraction of sp³-hybridized carbons (Fsp3) is 0.231. The molecule has 3 nitrogen and oxygen atoms in total. The molecule has 0 bridgehead atoms. The standard InChI is InChI=1S/C13H14N2OS/c1-9(2)10-3-5-11(6-4-10)13-15-12(7-14-16)8-17-13/h3-9,16H,1-2H3/b14-7+. The number of nitrogens with zero attached hydrogens (tertiary/aromatic N) is 2. The summed E-state index contributed by atoms with van der Waals surface area (Å²) in [6.07, 6.45) is 1.34. The van der Waals surface area contributed by atoms with Gasteiger partial charge in [-0.15, -0.1) is 11.3 Å². The Labute approximate surface area is 104 Å². The average Bonchev–Trinajstić information content (AvgIpc) is 2.78. The Hall–Kier alpha value is -1.68. The Bertz CT molecular complexity index is 514. The molecule has 1 aromatic heterocycles. The summed E-state index contributed by atoms with van der Waals surface area (Å²) < 4.78 is 0. The van der Waals surface area contributed by atoms with E-state index in [4.69, 9.17) is 5.21 Å². The predicted octanol–water partition coefficient (Wildman–Crippen LogP) is 3.74. The second kappa shape index (κ2) is 5.10. The summed E-state index contributed by atoms with van der Waals surface area (Å²) in [7, 11) is 0. The molecular weight excluding hydrogens is 232 g/mol. The Morgan fingerprint density at radius 2 is 2.00 bits per heavy atom. The van der Waals surface area contributed by atoms with Crippen LogP contribution in [0.3, 0.4) is 0 Å². The van der Waals surface area contributed by atoms with Gasteiger partial charge in [-0.3, -0.25) is 0 Å². The minimum absolute atomic E-state index is 0.539. The molecule has 0 aliphatic rings. The molecule has 4 heteroatoms. The maximum atomic E-state index is 8.43. The van der Waals surface area contributed by atoms with Crippen LogP contribution in [0, 0.1) is 0 Å². The van der Waals surface area contributed by atoms with Crippen molar-refractivity contribution in [1.82, 2.24) is 4.98 Å². The number of rotatable bonds is 3. The third kappa shape index (κ3) is 2.71. The van der Waals surface area contributed by atoms with E-state index in [-0.39, 0.29) is 0 Å². The number of aromatic nitrogens is 1. The summed E-state index contributed by atoms with van der Waals surface area (Å²) in [5.74, 6) is 0.539. The fourth-order valence-corrected chi connectivity index (χ4v) is 2.32. The van der Waals surface area contributed by atoms with E-state index in [1.807, 2.05) is 5.38 Å². The lowest BCUT2D eigenvalue weighted by Gasteiger charge is -2.05. The van der Waals surface area contributed by atoms with Gasteiger partial charge in [-0.05, 0) is 11.5 Å². The smallest absolute Gasteiger partial charge is 0.124 e. The first-order valence-electron chi connectivity index (χ1n) is 5.44. The van der Waals surface area contributed by atoms with Crippen molar-refractivity contribution in [1.29, 1.82) is 0 Å². The maximum absolute atomic E-state index is 8.43. The second-order valence-electron chi connectivity index (χ2n) is 4.10. The topological polar surface area (TPSA) is 45.5 Å². The van der Waals surface area contributed by atoms with Crippen LogP contribution in [-0.2, 0) is 0 Å². The van der Waals surface area contributed by atoms with Gasteiger partial charge in [-0.2, -0.15) is 0 Å². The minimum atomic E-state index is 0.539. The Morgan fingerprint density at radius 3 is 2.59 bits per heavy atom. The lowest BCUT2D eigenvalue weighted by molar-refractivity contribution is 0.321. The van der Waals surface area contributed by atoms with Crippen LogP contribution in [0.2, 0.25) is 0 Å². The Kier molecular flexibility index (Phi) is 3.54. The Morgan fingerprint density at radius 1 is 1.29 bits per heavy atom. The summed E-state index contributed by atoms with van der Waals surface area (Å²) in [6, 6.07) is 8.41. The van der Waals surface area contributed by atoms with Gasteiger partial charge in [-0.1, -0.05) is 43.3 Å². The van der Waals surface area contributed by atoms with Gasteiger partial charge < -0.3 is 5.21 Å². The molecule has 0 fully saturated rings. The van der Waals surface area contributed by atoms with Gasteiger partial charge >= 0.3 is 0 Å². The van der Waals surface area contributed by atoms with E-state index in [0.717, 1.165) is 10.6 Å². The van der Waals surface area contributed by atoms with Crippen molar-refractivity contribution in [3.8, 4) is 10.6 Å². The van der Waals surface area contributed by atoms with Crippen LogP contribution in [0.5, 0.6) is 0 Å². The highest BCUT2D eigenvalue weighted by Crippen LogP contribution is 2.25. The SMILES string of the molecule is CC(C)c1ccc(-c2nc(/C=N/O)cs2)cc1. The molecule has 0 unspecified atom stereocenters. The first-order chi connectivity index (χ1) is 8.20. The van der Waals surface area contributed by atoms with Gasteiger partial charge in [0.15, 0.2) is 0 Å². The lowest BCUT2D eigenvalue weighted by atomic mass is 10.0. The van der Waals surface area contributed by atoms with E-state index in [1.165, 1.54) is 11.8 Å². The quantitative estimate of drug-likeness (QED) is 0.509. The third-order valence-corrected chi connectivity index (χ3v) is 3.45. The third-order valence-electron chi connectivity index (χ3n) is 2.54.